The number of hydrogen-bond acceptors (Lipinski definition) is 7. The Morgan fingerprint density at radius 1 is 1.24 bits per heavy atom. The molecule has 148 valence electrons. The van der Waals surface area contributed by atoms with Crippen LogP contribution in [0.5, 0.6) is 11.5 Å². The van der Waals surface area contributed by atoms with E-state index in [1.165, 1.54) is 35.7 Å². The number of aliphatic hydroxyl groups is 1. The molecule has 0 bridgehead atoms. The minimum atomic E-state index is -0.864. The van der Waals surface area contributed by atoms with Crippen LogP contribution in [0.2, 0.25) is 0 Å². The Balaban J connectivity index is 1.83. The second kappa shape index (κ2) is 7.48. The minimum Gasteiger partial charge on any atom is -0.504 e. The van der Waals surface area contributed by atoms with E-state index in [9.17, 15) is 19.8 Å². The highest BCUT2D eigenvalue weighted by Gasteiger charge is 2.44. The first-order valence-corrected chi connectivity index (χ1v) is 9.60. The number of nitrogens with zero attached hydrogens (tertiary/aromatic N) is 1. The summed E-state index contributed by atoms with van der Waals surface area (Å²) in [5.41, 5.74) is 0.500. The van der Waals surface area contributed by atoms with Gasteiger partial charge in [0.2, 0.25) is 5.78 Å². The van der Waals surface area contributed by atoms with Crippen molar-refractivity contribution in [2.24, 2.45) is 0 Å². The lowest BCUT2D eigenvalue weighted by Crippen LogP contribution is -2.30. The molecule has 0 saturated heterocycles. The van der Waals surface area contributed by atoms with E-state index in [0.29, 0.717) is 16.2 Å². The Bertz CT molecular complexity index is 1080. The number of aromatic hydroxyl groups is 1. The van der Waals surface area contributed by atoms with Crippen LogP contribution in [0, 0.1) is 0 Å². The van der Waals surface area contributed by atoms with Gasteiger partial charge in [-0.25, -0.2) is 0 Å². The summed E-state index contributed by atoms with van der Waals surface area (Å²) in [5.74, 6) is -1.05. The predicted octanol–water partition coefficient (Wildman–Crippen LogP) is 3.83. The molecule has 2 aromatic heterocycles. The molecule has 3 aromatic rings. The van der Waals surface area contributed by atoms with Gasteiger partial charge >= 0.3 is 0 Å². The quantitative estimate of drug-likeness (QED) is 0.598. The largest absolute Gasteiger partial charge is 0.504 e. The van der Waals surface area contributed by atoms with Crippen molar-refractivity contribution < 1.29 is 29.0 Å². The van der Waals surface area contributed by atoms with Gasteiger partial charge in [0.05, 0.1) is 36.4 Å². The van der Waals surface area contributed by atoms with Gasteiger partial charge in [-0.2, -0.15) is 0 Å². The molecule has 4 rings (SSSR count). The molecule has 0 aliphatic carbocycles. The Morgan fingerprint density at radius 3 is 2.72 bits per heavy atom. The summed E-state index contributed by atoms with van der Waals surface area (Å²) in [6.45, 7) is 0.0605. The number of aliphatic hydroxyl groups excluding tert-OH is 1. The highest BCUT2D eigenvalue weighted by Crippen LogP contribution is 2.42. The molecule has 0 saturated carbocycles. The van der Waals surface area contributed by atoms with E-state index in [2.05, 4.69) is 0 Å². The topological polar surface area (TPSA) is 100 Å². The molecule has 3 heterocycles. The van der Waals surface area contributed by atoms with Gasteiger partial charge in [0.15, 0.2) is 17.3 Å². The zero-order valence-corrected chi connectivity index (χ0v) is 16.2. The van der Waals surface area contributed by atoms with Crippen molar-refractivity contribution in [3.05, 3.63) is 81.6 Å². The maximum absolute atomic E-state index is 13.1. The fourth-order valence-electron chi connectivity index (χ4n) is 3.37. The molecule has 0 radical (unpaired) electrons. The normalized spacial score (nSPS) is 16.5. The van der Waals surface area contributed by atoms with E-state index in [-0.39, 0.29) is 23.6 Å². The number of benzene rings is 1. The average molecular weight is 411 g/mol. The highest BCUT2D eigenvalue weighted by atomic mass is 32.1. The molecule has 1 aliphatic heterocycles. The number of furan rings is 1. The van der Waals surface area contributed by atoms with Crippen LogP contribution < -0.4 is 4.74 Å². The summed E-state index contributed by atoms with van der Waals surface area (Å²) in [6, 6.07) is 10.5. The van der Waals surface area contributed by atoms with E-state index in [1.54, 1.807) is 41.8 Å². The number of phenols is 1. The fourth-order valence-corrected chi connectivity index (χ4v) is 4.05. The van der Waals surface area contributed by atoms with Crippen molar-refractivity contribution in [2.75, 3.05) is 7.11 Å². The standard InChI is InChI=1S/C21H17NO6S/c1-27-15-10-12(6-7-14(15)23)18-17(19(24)16-5-3-9-29-16)20(25)21(26)22(18)11-13-4-2-8-28-13/h2-10,18,23,25H,11H2,1H3. The summed E-state index contributed by atoms with van der Waals surface area (Å²) in [5, 5.41) is 22.3. The monoisotopic (exact) mass is 411 g/mol. The van der Waals surface area contributed by atoms with Gasteiger partial charge in [-0.05, 0) is 41.3 Å². The minimum absolute atomic E-state index is 0.0169. The molecule has 0 fully saturated rings. The molecule has 1 unspecified atom stereocenters. The van der Waals surface area contributed by atoms with Gasteiger partial charge < -0.3 is 24.3 Å². The van der Waals surface area contributed by atoms with Gasteiger partial charge in [0, 0.05) is 0 Å². The van der Waals surface area contributed by atoms with Crippen molar-refractivity contribution in [2.45, 2.75) is 12.6 Å². The lowest BCUT2D eigenvalue weighted by Gasteiger charge is -2.26. The third-order valence-corrected chi connectivity index (χ3v) is 5.59. The van der Waals surface area contributed by atoms with Gasteiger partial charge in [-0.15, -0.1) is 11.3 Å². The summed E-state index contributed by atoms with van der Waals surface area (Å²) in [4.78, 5) is 27.8. The number of carbonyl (C=O) groups is 2. The molecular formula is C21H17NO6S. The van der Waals surface area contributed by atoms with Gasteiger partial charge in [0.1, 0.15) is 5.76 Å². The fraction of sp³-hybridized carbons (Fsp3) is 0.143. The van der Waals surface area contributed by atoms with E-state index in [0.717, 1.165) is 0 Å². The molecule has 1 aromatic carbocycles. The Kier molecular flexibility index (Phi) is 4.85. The van der Waals surface area contributed by atoms with Crippen molar-refractivity contribution >= 4 is 23.0 Å². The van der Waals surface area contributed by atoms with Crippen LogP contribution in [0.3, 0.4) is 0 Å². The number of Topliss-reactive ketones (excluding diaryl/α,β-unsaturated/α-hetero) is 1. The molecule has 1 atom stereocenters. The van der Waals surface area contributed by atoms with Crippen LogP contribution in [0.1, 0.15) is 27.0 Å². The number of methoxy groups -OCH3 is 1. The van der Waals surface area contributed by atoms with Gasteiger partial charge in [0.25, 0.3) is 5.91 Å². The van der Waals surface area contributed by atoms with Crippen LogP contribution in [0.25, 0.3) is 0 Å². The number of hydrogen-bond donors (Lipinski definition) is 2. The van der Waals surface area contributed by atoms with Crippen LogP contribution in [-0.4, -0.2) is 33.9 Å². The van der Waals surface area contributed by atoms with Crippen LogP contribution in [0.4, 0.5) is 0 Å². The van der Waals surface area contributed by atoms with Gasteiger partial charge in [-0.1, -0.05) is 12.1 Å². The zero-order valence-electron chi connectivity index (χ0n) is 15.4. The average Bonchev–Trinajstić information content (AvgIpc) is 3.47. The lowest BCUT2D eigenvalue weighted by atomic mass is 9.95. The molecule has 7 nitrogen and oxygen atoms in total. The molecule has 8 heteroatoms. The summed E-state index contributed by atoms with van der Waals surface area (Å²) in [6.07, 6.45) is 1.49. The van der Waals surface area contributed by atoms with Crippen LogP contribution in [0.15, 0.2) is 69.9 Å². The van der Waals surface area contributed by atoms with E-state index < -0.39 is 23.5 Å². The first-order valence-electron chi connectivity index (χ1n) is 8.73. The summed E-state index contributed by atoms with van der Waals surface area (Å²) >= 11 is 1.23. The molecule has 1 amide bonds. The predicted molar refractivity (Wildman–Crippen MR) is 105 cm³/mol. The number of amides is 1. The number of ether oxygens (including phenoxy) is 1. The zero-order chi connectivity index (χ0) is 20.5. The van der Waals surface area contributed by atoms with Crippen molar-refractivity contribution in [3.8, 4) is 11.5 Å². The molecule has 1 aliphatic rings. The highest BCUT2D eigenvalue weighted by molar-refractivity contribution is 7.12. The molecule has 2 N–H and O–H groups in total. The number of carbonyl (C=O) groups excluding carboxylic acids is 2. The maximum Gasteiger partial charge on any atom is 0.290 e. The SMILES string of the molecule is COc1cc(C2C(C(=O)c3cccs3)=C(O)C(=O)N2Cc2ccco2)ccc1O. The Morgan fingerprint density at radius 2 is 2.07 bits per heavy atom. The van der Waals surface area contributed by atoms with Crippen LogP contribution in [-0.2, 0) is 11.3 Å². The number of rotatable bonds is 6. The van der Waals surface area contributed by atoms with E-state index >= 15 is 0 Å². The molecule has 0 spiro atoms. The third kappa shape index (κ3) is 3.27. The summed E-state index contributed by atoms with van der Waals surface area (Å²) in [7, 11) is 1.41. The second-order valence-electron chi connectivity index (χ2n) is 6.41. The van der Waals surface area contributed by atoms with Crippen LogP contribution >= 0.6 is 11.3 Å². The Labute approximate surface area is 170 Å². The maximum atomic E-state index is 13.1. The van der Waals surface area contributed by atoms with Gasteiger partial charge in [-0.3, -0.25) is 9.59 Å². The van der Waals surface area contributed by atoms with Crippen molar-refractivity contribution in [1.29, 1.82) is 0 Å². The lowest BCUT2D eigenvalue weighted by molar-refractivity contribution is -0.130. The number of phenolic OH excluding ortho intramolecular Hbond substituents is 1. The van der Waals surface area contributed by atoms with Crippen molar-refractivity contribution in [1.82, 2.24) is 4.90 Å². The van der Waals surface area contributed by atoms with Crippen molar-refractivity contribution in [3.63, 3.8) is 0 Å². The first kappa shape index (κ1) is 18.8. The molecule has 29 heavy (non-hydrogen) atoms. The molecular weight excluding hydrogens is 394 g/mol. The van der Waals surface area contributed by atoms with E-state index in [4.69, 9.17) is 9.15 Å². The van der Waals surface area contributed by atoms with E-state index in [1.807, 2.05) is 0 Å². The third-order valence-electron chi connectivity index (χ3n) is 4.72. The first-order chi connectivity index (χ1) is 14.0. The number of thiophene rings is 1. The summed E-state index contributed by atoms with van der Waals surface area (Å²) < 4.78 is 10.5. The number of ketones is 1. The smallest absolute Gasteiger partial charge is 0.290 e. The second-order valence-corrected chi connectivity index (χ2v) is 7.36. The Hall–Kier alpha value is -3.52.